The number of likely N-dealkylation sites (tertiary alicyclic amines) is 1. The van der Waals surface area contributed by atoms with Crippen LogP contribution in [0.25, 0.3) is 11.0 Å². The first-order valence-electron chi connectivity index (χ1n) is 11.1. The van der Waals surface area contributed by atoms with Gasteiger partial charge in [-0.2, -0.15) is 0 Å². The molecule has 0 spiro atoms. The van der Waals surface area contributed by atoms with Crippen LogP contribution in [0.3, 0.4) is 0 Å². The number of aliphatic hydroxyl groups is 1. The van der Waals surface area contributed by atoms with Crippen molar-refractivity contribution < 1.29 is 14.3 Å². The van der Waals surface area contributed by atoms with Gasteiger partial charge in [0.05, 0.1) is 39.7 Å². The third-order valence-electron chi connectivity index (χ3n) is 6.17. The highest BCUT2D eigenvalue weighted by Crippen LogP contribution is 2.29. The molecule has 0 radical (unpaired) electrons. The van der Waals surface area contributed by atoms with Crippen molar-refractivity contribution in [1.82, 2.24) is 24.8 Å². The Hall–Kier alpha value is -2.86. The van der Waals surface area contributed by atoms with Crippen LogP contribution in [0.4, 0.5) is 10.2 Å². The maximum absolute atomic E-state index is 13.7. The molecule has 0 unspecified atom stereocenters. The number of thioether (sulfide) groups is 1. The third kappa shape index (κ3) is 4.97. The number of nitrogens with zero attached hydrogens (tertiary/aromatic N) is 4. The van der Waals surface area contributed by atoms with Crippen molar-refractivity contribution in [2.75, 3.05) is 37.2 Å². The number of anilines is 1. The van der Waals surface area contributed by atoms with Gasteiger partial charge >= 0.3 is 0 Å². The number of amides is 1. The number of pyridine rings is 3. The van der Waals surface area contributed by atoms with E-state index in [4.69, 9.17) is 0 Å². The van der Waals surface area contributed by atoms with E-state index >= 15 is 0 Å². The molecule has 2 atom stereocenters. The molecule has 1 amide bonds. The summed E-state index contributed by atoms with van der Waals surface area (Å²) in [5, 5.41) is 16.7. The highest BCUT2D eigenvalue weighted by molar-refractivity contribution is 8.00. The number of aliphatic hydroxyl groups excluding tert-OH is 1. The number of carbonyl (C=O) groups is 1. The standard InChI is InChI=1S/C23H25FN6O3S/c24-15-7-18-17(26-9-15)2-4-22(33)30(18)6-5-29-11-14(19(31)12-29)8-25-10-16-1-3-20-23(27-16)28-21(32)13-34-20/h1-4,7,9,14,19,25,31H,5-6,8,10-13H2,(H,27,28,32)/t14-,19+/m0/s1. The quantitative estimate of drug-likeness (QED) is 0.457. The fraction of sp³-hybridized carbons (Fsp3) is 0.391. The van der Waals surface area contributed by atoms with Gasteiger partial charge in [0.15, 0.2) is 0 Å². The van der Waals surface area contributed by atoms with Gasteiger partial charge < -0.3 is 20.3 Å². The maximum atomic E-state index is 13.7. The summed E-state index contributed by atoms with van der Waals surface area (Å²) in [5.74, 6) is 0.522. The largest absolute Gasteiger partial charge is 0.391 e. The van der Waals surface area contributed by atoms with E-state index in [-0.39, 0.29) is 17.4 Å². The molecule has 3 aromatic rings. The Morgan fingerprint density at radius 3 is 2.97 bits per heavy atom. The third-order valence-corrected chi connectivity index (χ3v) is 7.22. The van der Waals surface area contributed by atoms with Crippen molar-refractivity contribution in [2.45, 2.75) is 24.1 Å². The number of carbonyl (C=O) groups excluding carboxylic acids is 1. The van der Waals surface area contributed by atoms with E-state index in [0.717, 1.165) is 16.8 Å². The normalized spacial score (nSPS) is 20.5. The maximum Gasteiger partial charge on any atom is 0.251 e. The van der Waals surface area contributed by atoms with Gasteiger partial charge in [0.2, 0.25) is 5.91 Å². The van der Waals surface area contributed by atoms with E-state index in [1.54, 1.807) is 6.07 Å². The number of hydrogen-bond acceptors (Lipinski definition) is 8. The Bertz CT molecular complexity index is 1290. The average molecular weight is 485 g/mol. The van der Waals surface area contributed by atoms with Crippen molar-refractivity contribution in [3.8, 4) is 0 Å². The van der Waals surface area contributed by atoms with Gasteiger partial charge in [0.25, 0.3) is 5.56 Å². The lowest BCUT2D eigenvalue weighted by molar-refractivity contribution is -0.113. The van der Waals surface area contributed by atoms with Crippen molar-refractivity contribution in [3.05, 3.63) is 58.4 Å². The molecule has 0 aromatic carbocycles. The zero-order valence-electron chi connectivity index (χ0n) is 18.4. The second-order valence-corrected chi connectivity index (χ2v) is 9.60. The van der Waals surface area contributed by atoms with E-state index in [2.05, 4.69) is 25.5 Å². The number of hydrogen-bond donors (Lipinski definition) is 3. The average Bonchev–Trinajstić information content (AvgIpc) is 3.17. The summed E-state index contributed by atoms with van der Waals surface area (Å²) >= 11 is 1.48. The van der Waals surface area contributed by atoms with Gasteiger partial charge in [-0.15, -0.1) is 11.8 Å². The number of β-amino-alcohol motifs (C(OH)–C–C–N with tert-alkyl or cyclic N) is 1. The lowest BCUT2D eigenvalue weighted by Crippen LogP contribution is -2.31. The minimum absolute atomic E-state index is 0.0382. The lowest BCUT2D eigenvalue weighted by atomic mass is 10.1. The second kappa shape index (κ2) is 9.79. The van der Waals surface area contributed by atoms with E-state index in [1.807, 2.05) is 12.1 Å². The summed E-state index contributed by atoms with van der Waals surface area (Å²) in [6.07, 6.45) is 0.656. The molecule has 5 rings (SSSR count). The summed E-state index contributed by atoms with van der Waals surface area (Å²) in [6, 6.07) is 8.27. The molecule has 0 aliphatic carbocycles. The van der Waals surface area contributed by atoms with Gasteiger partial charge in [-0.1, -0.05) is 0 Å². The first-order valence-corrected chi connectivity index (χ1v) is 12.1. The van der Waals surface area contributed by atoms with Crippen molar-refractivity contribution in [1.29, 1.82) is 0 Å². The Morgan fingerprint density at radius 2 is 2.09 bits per heavy atom. The molecular weight excluding hydrogens is 459 g/mol. The van der Waals surface area contributed by atoms with E-state index in [1.165, 1.54) is 28.5 Å². The van der Waals surface area contributed by atoms with Crippen LogP contribution < -0.4 is 16.2 Å². The molecule has 2 aliphatic rings. The van der Waals surface area contributed by atoms with Crippen LogP contribution in [0.1, 0.15) is 5.69 Å². The molecule has 178 valence electrons. The molecule has 1 saturated heterocycles. The number of aromatic nitrogens is 3. The fourth-order valence-corrected chi connectivity index (χ4v) is 5.18. The van der Waals surface area contributed by atoms with Gasteiger partial charge in [0, 0.05) is 57.3 Å². The van der Waals surface area contributed by atoms with Crippen LogP contribution in [-0.2, 0) is 17.9 Å². The molecule has 3 aromatic heterocycles. The van der Waals surface area contributed by atoms with Gasteiger partial charge in [0.1, 0.15) is 11.6 Å². The highest BCUT2D eigenvalue weighted by atomic mass is 32.2. The molecular formula is C23H25FN6O3S. The van der Waals surface area contributed by atoms with Gasteiger partial charge in [-0.05, 0) is 18.2 Å². The Labute approximate surface area is 199 Å². The topological polar surface area (TPSA) is 112 Å². The zero-order valence-corrected chi connectivity index (χ0v) is 19.2. The number of fused-ring (bicyclic) bond motifs is 2. The molecule has 2 aliphatic heterocycles. The van der Waals surface area contributed by atoms with E-state index in [9.17, 15) is 19.1 Å². The molecule has 5 heterocycles. The van der Waals surface area contributed by atoms with Crippen LogP contribution in [-0.4, -0.2) is 68.5 Å². The summed E-state index contributed by atoms with van der Waals surface area (Å²) in [5.41, 5.74) is 1.66. The summed E-state index contributed by atoms with van der Waals surface area (Å²) in [6.45, 7) is 3.29. The predicted molar refractivity (Wildman–Crippen MR) is 127 cm³/mol. The van der Waals surface area contributed by atoms with Crippen LogP contribution >= 0.6 is 11.8 Å². The Morgan fingerprint density at radius 1 is 1.21 bits per heavy atom. The monoisotopic (exact) mass is 484 g/mol. The van der Waals surface area contributed by atoms with E-state index < -0.39 is 11.9 Å². The molecule has 1 fully saturated rings. The van der Waals surface area contributed by atoms with Crippen molar-refractivity contribution in [2.24, 2.45) is 5.92 Å². The minimum Gasteiger partial charge on any atom is -0.391 e. The number of halogens is 1. The van der Waals surface area contributed by atoms with Crippen molar-refractivity contribution in [3.63, 3.8) is 0 Å². The van der Waals surface area contributed by atoms with Gasteiger partial charge in [-0.25, -0.2) is 9.37 Å². The molecule has 3 N–H and O–H groups in total. The molecule has 9 nitrogen and oxygen atoms in total. The lowest BCUT2D eigenvalue weighted by Gasteiger charge is -2.18. The summed E-state index contributed by atoms with van der Waals surface area (Å²) < 4.78 is 15.2. The van der Waals surface area contributed by atoms with Crippen LogP contribution in [0.5, 0.6) is 0 Å². The number of nitrogens with one attached hydrogen (secondary N) is 2. The number of rotatable bonds is 7. The second-order valence-electron chi connectivity index (χ2n) is 8.59. The highest BCUT2D eigenvalue weighted by Gasteiger charge is 2.30. The Kier molecular flexibility index (Phi) is 6.59. The molecule has 0 saturated carbocycles. The van der Waals surface area contributed by atoms with Crippen LogP contribution in [0, 0.1) is 11.7 Å². The summed E-state index contributed by atoms with van der Waals surface area (Å²) in [7, 11) is 0. The molecule has 11 heteroatoms. The first-order chi connectivity index (χ1) is 16.5. The van der Waals surface area contributed by atoms with Crippen molar-refractivity contribution >= 4 is 34.5 Å². The SMILES string of the molecule is O=C1CSc2ccc(CNC[C@H]3CN(CCn4c(=O)ccc5ncc(F)cc54)C[C@H]3O)nc2N1. The first kappa shape index (κ1) is 22.9. The Balaban J connectivity index is 1.15. The van der Waals surface area contributed by atoms with E-state index in [0.29, 0.717) is 61.9 Å². The summed E-state index contributed by atoms with van der Waals surface area (Å²) in [4.78, 5) is 35.6. The molecule has 0 bridgehead atoms. The van der Waals surface area contributed by atoms with Gasteiger partial charge in [-0.3, -0.25) is 19.5 Å². The smallest absolute Gasteiger partial charge is 0.251 e. The fourth-order valence-electron chi connectivity index (χ4n) is 4.43. The zero-order chi connectivity index (χ0) is 23.7. The minimum atomic E-state index is -0.483. The predicted octanol–water partition coefficient (Wildman–Crippen LogP) is 1.06. The van der Waals surface area contributed by atoms with Crippen LogP contribution in [0.2, 0.25) is 0 Å². The molecule has 34 heavy (non-hydrogen) atoms. The van der Waals surface area contributed by atoms with Crippen LogP contribution in [0.15, 0.2) is 46.2 Å².